The van der Waals surface area contributed by atoms with Crippen molar-refractivity contribution in [3.8, 4) is 0 Å². The van der Waals surface area contributed by atoms with Gasteiger partial charge in [-0.2, -0.15) is 0 Å². The maximum absolute atomic E-state index is 9.10. The average molecular weight is 155 g/mol. The first-order valence-electron chi connectivity index (χ1n) is 3.71. The Bertz CT molecular complexity index is 207. The molecular formula is C7H13N3O. The third-order valence-electron chi connectivity index (χ3n) is 1.49. The van der Waals surface area contributed by atoms with Crippen LogP contribution in [0.15, 0.2) is 6.20 Å². The first kappa shape index (κ1) is 8.20. The molecule has 1 atom stereocenters. The Hall–Kier alpha value is -0.900. The molecule has 0 aromatic carbocycles. The van der Waals surface area contributed by atoms with E-state index in [0.717, 1.165) is 0 Å². The summed E-state index contributed by atoms with van der Waals surface area (Å²) in [6.45, 7) is 5.70. The fourth-order valence-corrected chi connectivity index (χ4v) is 0.734. The van der Waals surface area contributed by atoms with Gasteiger partial charge in [-0.05, 0) is 20.8 Å². The smallest absolute Gasteiger partial charge is 0.111 e. The van der Waals surface area contributed by atoms with E-state index in [1.54, 1.807) is 17.8 Å². The highest BCUT2D eigenvalue weighted by Crippen LogP contribution is 2.09. The summed E-state index contributed by atoms with van der Waals surface area (Å²) in [5.41, 5.74) is 0.624. The average Bonchev–Trinajstić information content (AvgIpc) is 2.33. The SMILES string of the molecule is CC(C)n1cc([C@H](C)O)nn1. The van der Waals surface area contributed by atoms with Crippen molar-refractivity contribution in [3.05, 3.63) is 11.9 Å². The minimum absolute atomic E-state index is 0.301. The van der Waals surface area contributed by atoms with E-state index in [1.807, 2.05) is 13.8 Å². The van der Waals surface area contributed by atoms with E-state index in [2.05, 4.69) is 10.3 Å². The van der Waals surface area contributed by atoms with Crippen molar-refractivity contribution in [2.24, 2.45) is 0 Å². The summed E-state index contributed by atoms with van der Waals surface area (Å²) in [5.74, 6) is 0. The summed E-state index contributed by atoms with van der Waals surface area (Å²) in [6, 6.07) is 0.301. The molecule has 0 unspecified atom stereocenters. The van der Waals surface area contributed by atoms with E-state index < -0.39 is 6.10 Å². The molecule has 0 aliphatic carbocycles. The first-order valence-corrected chi connectivity index (χ1v) is 3.71. The van der Waals surface area contributed by atoms with E-state index in [0.29, 0.717) is 11.7 Å². The fourth-order valence-electron chi connectivity index (χ4n) is 0.734. The molecule has 1 aromatic rings. The number of aromatic nitrogens is 3. The van der Waals surface area contributed by atoms with Gasteiger partial charge in [0.1, 0.15) is 5.69 Å². The highest BCUT2D eigenvalue weighted by Gasteiger charge is 2.06. The van der Waals surface area contributed by atoms with Crippen LogP contribution in [0.2, 0.25) is 0 Å². The lowest BCUT2D eigenvalue weighted by atomic mass is 10.3. The van der Waals surface area contributed by atoms with Crippen molar-refractivity contribution in [3.63, 3.8) is 0 Å². The summed E-state index contributed by atoms with van der Waals surface area (Å²) in [4.78, 5) is 0. The third-order valence-corrected chi connectivity index (χ3v) is 1.49. The molecule has 0 saturated carbocycles. The second kappa shape index (κ2) is 3.00. The molecule has 0 aliphatic rings. The number of rotatable bonds is 2. The highest BCUT2D eigenvalue weighted by molar-refractivity contribution is 4.95. The number of nitrogens with zero attached hydrogens (tertiary/aromatic N) is 3. The molecule has 1 N–H and O–H groups in total. The van der Waals surface area contributed by atoms with Gasteiger partial charge in [0.25, 0.3) is 0 Å². The van der Waals surface area contributed by atoms with Gasteiger partial charge in [-0.3, -0.25) is 0 Å². The van der Waals surface area contributed by atoms with Gasteiger partial charge in [-0.25, -0.2) is 4.68 Å². The second-order valence-electron chi connectivity index (χ2n) is 2.89. The van der Waals surface area contributed by atoms with Crippen LogP contribution in [0, 0.1) is 0 Å². The van der Waals surface area contributed by atoms with Gasteiger partial charge < -0.3 is 5.11 Å². The molecule has 62 valence electrons. The van der Waals surface area contributed by atoms with Crippen molar-refractivity contribution in [1.82, 2.24) is 15.0 Å². The Morgan fingerprint density at radius 2 is 2.09 bits per heavy atom. The number of hydrogen-bond acceptors (Lipinski definition) is 3. The normalized spacial score (nSPS) is 13.9. The van der Waals surface area contributed by atoms with Gasteiger partial charge in [0.15, 0.2) is 0 Å². The Labute approximate surface area is 65.8 Å². The summed E-state index contributed by atoms with van der Waals surface area (Å²) >= 11 is 0. The molecule has 1 aromatic heterocycles. The van der Waals surface area contributed by atoms with Crippen molar-refractivity contribution in [2.75, 3.05) is 0 Å². The quantitative estimate of drug-likeness (QED) is 0.690. The van der Waals surface area contributed by atoms with Crippen molar-refractivity contribution < 1.29 is 5.11 Å². The number of hydrogen-bond donors (Lipinski definition) is 1. The molecule has 0 spiro atoms. The molecule has 0 bridgehead atoms. The standard InChI is InChI=1S/C7H13N3O/c1-5(2)10-4-7(6(3)11)8-9-10/h4-6,11H,1-3H3/t6-/m0/s1. The molecular weight excluding hydrogens is 142 g/mol. The van der Waals surface area contributed by atoms with Crippen LogP contribution in [0.25, 0.3) is 0 Å². The van der Waals surface area contributed by atoms with Crippen molar-refractivity contribution >= 4 is 0 Å². The Morgan fingerprint density at radius 3 is 2.36 bits per heavy atom. The van der Waals surface area contributed by atoms with E-state index in [9.17, 15) is 0 Å². The van der Waals surface area contributed by atoms with Crippen molar-refractivity contribution in [2.45, 2.75) is 32.9 Å². The monoisotopic (exact) mass is 155 g/mol. The summed E-state index contributed by atoms with van der Waals surface area (Å²) in [7, 11) is 0. The van der Waals surface area contributed by atoms with E-state index in [4.69, 9.17) is 5.11 Å². The Morgan fingerprint density at radius 1 is 1.45 bits per heavy atom. The molecule has 0 saturated heterocycles. The molecule has 1 rings (SSSR count). The van der Waals surface area contributed by atoms with Gasteiger partial charge in [0.05, 0.1) is 12.3 Å². The van der Waals surface area contributed by atoms with Crippen LogP contribution in [0.1, 0.15) is 38.6 Å². The van der Waals surface area contributed by atoms with Crippen LogP contribution >= 0.6 is 0 Å². The molecule has 0 amide bonds. The third kappa shape index (κ3) is 1.77. The summed E-state index contributed by atoms with van der Waals surface area (Å²) in [5, 5.41) is 16.7. The lowest BCUT2D eigenvalue weighted by Crippen LogP contribution is -2.00. The topological polar surface area (TPSA) is 50.9 Å². The lowest BCUT2D eigenvalue weighted by Gasteiger charge is -2.01. The molecule has 0 aliphatic heterocycles. The van der Waals surface area contributed by atoms with Gasteiger partial charge in [0.2, 0.25) is 0 Å². The molecule has 1 heterocycles. The maximum atomic E-state index is 9.10. The van der Waals surface area contributed by atoms with Crippen LogP contribution in [0.4, 0.5) is 0 Å². The lowest BCUT2D eigenvalue weighted by molar-refractivity contribution is 0.194. The Kier molecular flexibility index (Phi) is 2.24. The molecule has 0 radical (unpaired) electrons. The minimum atomic E-state index is -0.525. The molecule has 4 heteroatoms. The maximum Gasteiger partial charge on any atom is 0.111 e. The zero-order valence-electron chi connectivity index (χ0n) is 7.02. The summed E-state index contributed by atoms with van der Waals surface area (Å²) in [6.07, 6.45) is 1.23. The molecule has 4 nitrogen and oxygen atoms in total. The number of aliphatic hydroxyl groups excluding tert-OH is 1. The van der Waals surface area contributed by atoms with Gasteiger partial charge >= 0.3 is 0 Å². The van der Waals surface area contributed by atoms with E-state index in [-0.39, 0.29) is 0 Å². The predicted octanol–water partition coefficient (Wildman–Crippen LogP) is 0.912. The zero-order chi connectivity index (χ0) is 8.43. The second-order valence-corrected chi connectivity index (χ2v) is 2.89. The predicted molar refractivity (Wildman–Crippen MR) is 41.0 cm³/mol. The highest BCUT2D eigenvalue weighted by atomic mass is 16.3. The van der Waals surface area contributed by atoms with Crippen LogP contribution in [0.3, 0.4) is 0 Å². The van der Waals surface area contributed by atoms with Gasteiger partial charge in [-0.15, -0.1) is 5.10 Å². The van der Waals surface area contributed by atoms with Crippen molar-refractivity contribution in [1.29, 1.82) is 0 Å². The van der Waals surface area contributed by atoms with Crippen LogP contribution in [-0.4, -0.2) is 20.1 Å². The zero-order valence-corrected chi connectivity index (χ0v) is 7.02. The van der Waals surface area contributed by atoms with E-state index >= 15 is 0 Å². The van der Waals surface area contributed by atoms with Crippen LogP contribution < -0.4 is 0 Å². The van der Waals surface area contributed by atoms with E-state index in [1.165, 1.54) is 0 Å². The molecule has 11 heavy (non-hydrogen) atoms. The van der Waals surface area contributed by atoms with Crippen LogP contribution in [0.5, 0.6) is 0 Å². The first-order chi connectivity index (χ1) is 5.11. The van der Waals surface area contributed by atoms with Crippen LogP contribution in [-0.2, 0) is 0 Å². The molecule has 0 fully saturated rings. The minimum Gasteiger partial charge on any atom is -0.387 e. The fraction of sp³-hybridized carbons (Fsp3) is 0.714. The van der Waals surface area contributed by atoms with Gasteiger partial charge in [0, 0.05) is 6.04 Å². The summed E-state index contributed by atoms with van der Waals surface area (Å²) < 4.78 is 1.72. The van der Waals surface area contributed by atoms with Gasteiger partial charge in [-0.1, -0.05) is 5.21 Å². The largest absolute Gasteiger partial charge is 0.387 e. The Balaban J connectivity index is 2.82. The number of aliphatic hydroxyl groups is 1.